The quantitative estimate of drug-likeness (QED) is 0.883. The molecule has 1 aromatic carbocycles. The van der Waals surface area contributed by atoms with Gasteiger partial charge >= 0.3 is 0 Å². The van der Waals surface area contributed by atoms with Crippen LogP contribution in [0.4, 0.5) is 11.4 Å². The zero-order valence-corrected chi connectivity index (χ0v) is 12.6. The fourth-order valence-electron chi connectivity index (χ4n) is 1.69. The SMILES string of the molecule is Cc1cc(Cl)c(S(=O)(=O)N(C)c2cccnc2)cc1N. The van der Waals surface area contributed by atoms with Crippen LogP contribution in [0.2, 0.25) is 5.02 Å². The van der Waals surface area contributed by atoms with Crippen molar-refractivity contribution in [3.8, 4) is 0 Å². The molecule has 0 spiro atoms. The molecule has 106 valence electrons. The van der Waals surface area contributed by atoms with Gasteiger partial charge in [-0.1, -0.05) is 11.6 Å². The van der Waals surface area contributed by atoms with Crippen LogP contribution in [0.3, 0.4) is 0 Å². The van der Waals surface area contributed by atoms with Gasteiger partial charge in [-0.15, -0.1) is 0 Å². The van der Waals surface area contributed by atoms with E-state index >= 15 is 0 Å². The van der Waals surface area contributed by atoms with Crippen LogP contribution in [0.25, 0.3) is 0 Å². The number of halogens is 1. The number of rotatable bonds is 3. The van der Waals surface area contributed by atoms with Gasteiger partial charge in [0.1, 0.15) is 4.90 Å². The van der Waals surface area contributed by atoms with Crippen molar-refractivity contribution in [2.24, 2.45) is 0 Å². The van der Waals surface area contributed by atoms with E-state index in [1.54, 1.807) is 31.3 Å². The molecule has 2 rings (SSSR count). The predicted molar refractivity (Wildman–Crippen MR) is 80.4 cm³/mol. The molecule has 0 aliphatic heterocycles. The average Bonchev–Trinajstić information content (AvgIpc) is 2.42. The monoisotopic (exact) mass is 311 g/mol. The van der Waals surface area contributed by atoms with Gasteiger partial charge in [-0.3, -0.25) is 9.29 Å². The number of nitrogen functional groups attached to an aromatic ring is 1. The lowest BCUT2D eigenvalue weighted by Crippen LogP contribution is -2.27. The zero-order chi connectivity index (χ0) is 14.9. The second-order valence-corrected chi connectivity index (χ2v) is 6.67. The van der Waals surface area contributed by atoms with Gasteiger partial charge in [0, 0.05) is 18.9 Å². The first-order valence-electron chi connectivity index (χ1n) is 5.78. The van der Waals surface area contributed by atoms with E-state index in [0.29, 0.717) is 11.4 Å². The Morgan fingerprint density at radius 3 is 2.65 bits per heavy atom. The highest BCUT2D eigenvalue weighted by Gasteiger charge is 2.25. The van der Waals surface area contributed by atoms with Gasteiger partial charge in [0.2, 0.25) is 0 Å². The molecule has 2 N–H and O–H groups in total. The van der Waals surface area contributed by atoms with Crippen molar-refractivity contribution < 1.29 is 8.42 Å². The lowest BCUT2D eigenvalue weighted by atomic mass is 10.2. The van der Waals surface area contributed by atoms with E-state index in [1.807, 2.05) is 0 Å². The maximum atomic E-state index is 12.6. The average molecular weight is 312 g/mol. The summed E-state index contributed by atoms with van der Waals surface area (Å²) >= 11 is 6.04. The summed E-state index contributed by atoms with van der Waals surface area (Å²) in [5.41, 5.74) is 7.33. The normalized spacial score (nSPS) is 11.3. The van der Waals surface area contributed by atoms with Gasteiger partial charge in [-0.25, -0.2) is 8.42 Å². The zero-order valence-electron chi connectivity index (χ0n) is 11.0. The van der Waals surface area contributed by atoms with Crippen LogP contribution < -0.4 is 10.0 Å². The summed E-state index contributed by atoms with van der Waals surface area (Å²) in [7, 11) is -2.34. The Labute approximate surface area is 123 Å². The molecule has 0 aliphatic rings. The molecule has 0 atom stereocenters. The first-order chi connectivity index (χ1) is 9.34. The van der Waals surface area contributed by atoms with E-state index in [9.17, 15) is 8.42 Å². The molecule has 5 nitrogen and oxygen atoms in total. The molecule has 0 saturated carbocycles. The van der Waals surface area contributed by atoms with Crippen molar-refractivity contribution >= 4 is 33.0 Å². The highest BCUT2D eigenvalue weighted by atomic mass is 35.5. The van der Waals surface area contributed by atoms with Crippen molar-refractivity contribution in [2.75, 3.05) is 17.1 Å². The first-order valence-corrected chi connectivity index (χ1v) is 7.60. The molecule has 0 saturated heterocycles. The van der Waals surface area contributed by atoms with Crippen molar-refractivity contribution in [1.82, 2.24) is 4.98 Å². The number of benzene rings is 1. The van der Waals surface area contributed by atoms with Crippen LogP contribution in [0.1, 0.15) is 5.56 Å². The smallest absolute Gasteiger partial charge is 0.265 e. The van der Waals surface area contributed by atoms with Gasteiger partial charge in [-0.05, 0) is 36.8 Å². The number of nitrogens with two attached hydrogens (primary N) is 1. The van der Waals surface area contributed by atoms with E-state index in [-0.39, 0.29) is 9.92 Å². The number of sulfonamides is 1. The molecule has 0 radical (unpaired) electrons. The molecule has 7 heteroatoms. The minimum atomic E-state index is -3.78. The Morgan fingerprint density at radius 2 is 2.05 bits per heavy atom. The van der Waals surface area contributed by atoms with Gasteiger partial charge in [0.25, 0.3) is 10.0 Å². The second kappa shape index (κ2) is 5.30. The lowest BCUT2D eigenvalue weighted by molar-refractivity contribution is 0.594. The Balaban J connectivity index is 2.54. The number of nitrogens with zero attached hydrogens (tertiary/aromatic N) is 2. The third-order valence-corrected chi connectivity index (χ3v) is 5.22. The molecule has 1 aromatic heterocycles. The van der Waals surface area contributed by atoms with Crippen LogP contribution in [0.15, 0.2) is 41.6 Å². The Morgan fingerprint density at radius 1 is 1.35 bits per heavy atom. The maximum absolute atomic E-state index is 12.6. The van der Waals surface area contributed by atoms with E-state index in [4.69, 9.17) is 17.3 Å². The highest BCUT2D eigenvalue weighted by Crippen LogP contribution is 2.30. The Hall–Kier alpha value is -1.79. The molecular weight excluding hydrogens is 298 g/mol. The van der Waals surface area contributed by atoms with Gasteiger partial charge in [-0.2, -0.15) is 0 Å². The summed E-state index contributed by atoms with van der Waals surface area (Å²) < 4.78 is 26.3. The van der Waals surface area contributed by atoms with Crippen LogP contribution in [-0.4, -0.2) is 20.4 Å². The third kappa shape index (κ3) is 2.57. The molecule has 0 unspecified atom stereocenters. The second-order valence-electron chi connectivity index (χ2n) is 4.32. The Kier molecular flexibility index (Phi) is 3.87. The van der Waals surface area contributed by atoms with Gasteiger partial charge in [0.05, 0.1) is 16.9 Å². The van der Waals surface area contributed by atoms with Gasteiger partial charge < -0.3 is 5.73 Å². The number of anilines is 2. The van der Waals surface area contributed by atoms with Crippen LogP contribution >= 0.6 is 11.6 Å². The van der Waals surface area contributed by atoms with Crippen molar-refractivity contribution in [1.29, 1.82) is 0 Å². The third-order valence-electron chi connectivity index (χ3n) is 2.97. The maximum Gasteiger partial charge on any atom is 0.265 e. The van der Waals surface area contributed by atoms with Crippen molar-refractivity contribution in [2.45, 2.75) is 11.8 Å². The summed E-state index contributed by atoms with van der Waals surface area (Å²) in [4.78, 5) is 3.88. The van der Waals surface area contributed by atoms with Crippen LogP contribution in [0.5, 0.6) is 0 Å². The largest absolute Gasteiger partial charge is 0.398 e. The van der Waals surface area contributed by atoms with Gasteiger partial charge in [0.15, 0.2) is 0 Å². The molecule has 1 heterocycles. The fraction of sp³-hybridized carbons (Fsp3) is 0.154. The number of hydrogen-bond donors (Lipinski definition) is 1. The summed E-state index contributed by atoms with van der Waals surface area (Å²) in [6, 6.07) is 6.23. The summed E-state index contributed by atoms with van der Waals surface area (Å²) in [5, 5.41) is 0.146. The predicted octanol–water partition coefficient (Wildman–Crippen LogP) is 2.45. The summed E-state index contributed by atoms with van der Waals surface area (Å²) in [5.74, 6) is 0. The van der Waals surface area contributed by atoms with E-state index in [2.05, 4.69) is 4.98 Å². The summed E-state index contributed by atoms with van der Waals surface area (Å²) in [6.07, 6.45) is 3.03. The van der Waals surface area contributed by atoms with Crippen LogP contribution in [0, 0.1) is 6.92 Å². The van der Waals surface area contributed by atoms with E-state index in [0.717, 1.165) is 9.87 Å². The van der Waals surface area contributed by atoms with Crippen molar-refractivity contribution in [3.63, 3.8) is 0 Å². The molecule has 0 fully saturated rings. The van der Waals surface area contributed by atoms with Crippen LogP contribution in [-0.2, 0) is 10.0 Å². The Bertz CT molecular complexity index is 733. The minimum absolute atomic E-state index is 0.0198. The number of aryl methyl sites for hydroxylation is 1. The first kappa shape index (κ1) is 14.6. The molecule has 2 aromatic rings. The minimum Gasteiger partial charge on any atom is -0.398 e. The van der Waals surface area contributed by atoms with E-state index in [1.165, 1.54) is 19.3 Å². The molecule has 0 amide bonds. The molecule has 0 bridgehead atoms. The molecule has 20 heavy (non-hydrogen) atoms. The summed E-state index contributed by atoms with van der Waals surface area (Å²) in [6.45, 7) is 1.77. The fourth-order valence-corrected chi connectivity index (χ4v) is 3.47. The topological polar surface area (TPSA) is 76.3 Å². The number of hydrogen-bond acceptors (Lipinski definition) is 4. The highest BCUT2D eigenvalue weighted by molar-refractivity contribution is 7.93. The standard InChI is InChI=1S/C13H14ClN3O2S/c1-9-6-11(14)13(7-12(9)15)20(18,19)17(2)10-4-3-5-16-8-10/h3-8H,15H2,1-2H3. The molecular formula is C13H14ClN3O2S. The lowest BCUT2D eigenvalue weighted by Gasteiger charge is -2.20. The molecule has 0 aliphatic carbocycles. The number of aromatic nitrogens is 1. The number of pyridine rings is 1. The van der Waals surface area contributed by atoms with Crippen molar-refractivity contribution in [3.05, 3.63) is 47.2 Å². The van der Waals surface area contributed by atoms with E-state index < -0.39 is 10.0 Å².